The Morgan fingerprint density at radius 1 is 1.05 bits per heavy atom. The Hall–Kier alpha value is -1.71. The Morgan fingerprint density at radius 2 is 1.76 bits per heavy atom. The van der Waals surface area contributed by atoms with E-state index >= 15 is 0 Å². The zero-order chi connectivity index (χ0) is 15.2. The number of methoxy groups -OCH3 is 2. The van der Waals surface area contributed by atoms with Gasteiger partial charge in [0.1, 0.15) is 0 Å². The average molecular weight is 306 g/mol. The van der Waals surface area contributed by atoms with E-state index in [1.807, 2.05) is 30.3 Å². The second kappa shape index (κ2) is 7.34. The first-order valence-corrected chi connectivity index (χ1v) is 7.22. The monoisotopic (exact) mass is 305 g/mol. The lowest BCUT2D eigenvalue weighted by Gasteiger charge is -2.18. The predicted molar refractivity (Wildman–Crippen MR) is 86.3 cm³/mol. The maximum atomic E-state index is 6.42. The Kier molecular flexibility index (Phi) is 5.48. The van der Waals surface area contributed by atoms with Crippen LogP contribution in [0, 0.1) is 0 Å². The van der Waals surface area contributed by atoms with Crippen molar-refractivity contribution in [1.82, 2.24) is 5.32 Å². The van der Waals surface area contributed by atoms with Gasteiger partial charge in [-0.1, -0.05) is 48.0 Å². The molecule has 0 bridgehead atoms. The van der Waals surface area contributed by atoms with Crippen LogP contribution in [0.15, 0.2) is 42.5 Å². The highest BCUT2D eigenvalue weighted by Gasteiger charge is 2.17. The normalized spacial score (nSPS) is 12.0. The Bertz CT molecular complexity index is 587. The molecular formula is C17H20ClNO2. The van der Waals surface area contributed by atoms with E-state index < -0.39 is 0 Å². The van der Waals surface area contributed by atoms with Crippen molar-refractivity contribution in [3.8, 4) is 11.5 Å². The number of nitrogens with one attached hydrogen (secondary N) is 1. The first kappa shape index (κ1) is 15.7. The van der Waals surface area contributed by atoms with Crippen molar-refractivity contribution in [2.75, 3.05) is 14.2 Å². The molecule has 1 unspecified atom stereocenters. The van der Waals surface area contributed by atoms with Crippen LogP contribution in [0.2, 0.25) is 5.02 Å². The summed E-state index contributed by atoms with van der Waals surface area (Å²) >= 11 is 6.42. The van der Waals surface area contributed by atoms with Gasteiger partial charge in [0.05, 0.1) is 19.2 Å². The average Bonchev–Trinajstić information content (AvgIpc) is 2.53. The zero-order valence-corrected chi connectivity index (χ0v) is 13.3. The minimum Gasteiger partial charge on any atom is -0.493 e. The topological polar surface area (TPSA) is 30.5 Å². The number of hydrogen-bond donors (Lipinski definition) is 1. The van der Waals surface area contributed by atoms with Crippen LogP contribution in [0.5, 0.6) is 11.5 Å². The first-order chi connectivity index (χ1) is 10.2. The fraction of sp³-hybridized carbons (Fsp3) is 0.294. The van der Waals surface area contributed by atoms with Gasteiger partial charge < -0.3 is 14.8 Å². The lowest BCUT2D eigenvalue weighted by molar-refractivity contribution is 0.354. The zero-order valence-electron chi connectivity index (χ0n) is 12.5. The van der Waals surface area contributed by atoms with Crippen molar-refractivity contribution < 1.29 is 9.47 Å². The summed E-state index contributed by atoms with van der Waals surface area (Å²) in [5, 5.41) is 4.05. The minimum absolute atomic E-state index is 0.109. The Balaban J connectivity index is 2.14. The molecule has 3 nitrogen and oxygen atoms in total. The molecule has 1 N–H and O–H groups in total. The number of halogens is 1. The van der Waals surface area contributed by atoms with Crippen molar-refractivity contribution in [3.63, 3.8) is 0 Å². The summed E-state index contributed by atoms with van der Waals surface area (Å²) in [7, 11) is 3.19. The molecule has 0 aliphatic heterocycles. The predicted octanol–water partition coefficient (Wildman–Crippen LogP) is 4.21. The summed E-state index contributed by atoms with van der Waals surface area (Å²) in [5.74, 6) is 1.21. The van der Waals surface area contributed by atoms with E-state index in [1.165, 1.54) is 5.56 Å². The minimum atomic E-state index is 0.109. The summed E-state index contributed by atoms with van der Waals surface area (Å²) in [6.45, 7) is 2.86. The molecule has 0 saturated heterocycles. The molecule has 0 amide bonds. The van der Waals surface area contributed by atoms with Gasteiger partial charge in [-0.15, -0.1) is 0 Å². The highest BCUT2D eigenvalue weighted by atomic mass is 35.5. The van der Waals surface area contributed by atoms with E-state index in [-0.39, 0.29) is 6.04 Å². The van der Waals surface area contributed by atoms with Crippen molar-refractivity contribution >= 4 is 11.6 Å². The van der Waals surface area contributed by atoms with Crippen molar-refractivity contribution in [3.05, 3.63) is 58.6 Å². The first-order valence-electron chi connectivity index (χ1n) is 6.85. The van der Waals surface area contributed by atoms with Gasteiger partial charge in [-0.2, -0.15) is 0 Å². The molecule has 2 aromatic carbocycles. The number of rotatable bonds is 6. The van der Waals surface area contributed by atoms with Crippen LogP contribution in [0.25, 0.3) is 0 Å². The van der Waals surface area contributed by atoms with Gasteiger partial charge in [-0.05, 0) is 24.1 Å². The summed E-state index contributed by atoms with van der Waals surface area (Å²) < 4.78 is 10.6. The van der Waals surface area contributed by atoms with Crippen LogP contribution in [-0.4, -0.2) is 14.2 Å². The smallest absolute Gasteiger partial charge is 0.179 e. The van der Waals surface area contributed by atoms with Gasteiger partial charge in [0.15, 0.2) is 11.5 Å². The number of ether oxygens (including phenoxy) is 2. The Labute approximate surface area is 130 Å². The lowest BCUT2D eigenvalue weighted by Crippen LogP contribution is -2.18. The van der Waals surface area contributed by atoms with Crippen LogP contribution >= 0.6 is 11.6 Å². The van der Waals surface area contributed by atoms with Crippen molar-refractivity contribution in [2.24, 2.45) is 0 Å². The largest absolute Gasteiger partial charge is 0.493 e. The molecule has 0 aromatic heterocycles. The maximum absolute atomic E-state index is 6.42. The van der Waals surface area contributed by atoms with Gasteiger partial charge in [0, 0.05) is 12.6 Å². The second-order valence-corrected chi connectivity index (χ2v) is 5.17. The second-order valence-electron chi connectivity index (χ2n) is 4.79. The summed E-state index contributed by atoms with van der Waals surface area (Å²) in [6.07, 6.45) is 0. The molecule has 0 aliphatic rings. The SMILES string of the molecule is COc1ccc(C(C)NCc2ccccc2)c(Cl)c1OC. The van der Waals surface area contributed by atoms with Crippen molar-refractivity contribution in [1.29, 1.82) is 0 Å². The molecular weight excluding hydrogens is 286 g/mol. The summed E-state index contributed by atoms with van der Waals surface area (Å²) in [4.78, 5) is 0. The Morgan fingerprint density at radius 3 is 2.38 bits per heavy atom. The number of hydrogen-bond acceptors (Lipinski definition) is 3. The van der Waals surface area contributed by atoms with E-state index in [0.29, 0.717) is 16.5 Å². The molecule has 0 radical (unpaired) electrons. The molecule has 2 rings (SSSR count). The van der Waals surface area contributed by atoms with E-state index in [2.05, 4.69) is 24.4 Å². The fourth-order valence-electron chi connectivity index (χ4n) is 2.22. The van der Waals surface area contributed by atoms with Gasteiger partial charge in [0.25, 0.3) is 0 Å². The molecule has 21 heavy (non-hydrogen) atoms. The molecule has 1 atom stereocenters. The van der Waals surface area contributed by atoms with Gasteiger partial charge >= 0.3 is 0 Å². The van der Waals surface area contributed by atoms with Crippen LogP contribution in [-0.2, 0) is 6.54 Å². The molecule has 0 fully saturated rings. The molecule has 112 valence electrons. The van der Waals surface area contributed by atoms with Crippen LogP contribution in [0.1, 0.15) is 24.1 Å². The van der Waals surface area contributed by atoms with Crippen LogP contribution < -0.4 is 14.8 Å². The maximum Gasteiger partial charge on any atom is 0.179 e. The third-order valence-electron chi connectivity index (χ3n) is 3.44. The third-order valence-corrected chi connectivity index (χ3v) is 3.83. The van der Waals surface area contributed by atoms with Gasteiger partial charge in [-0.3, -0.25) is 0 Å². The number of benzene rings is 2. The summed E-state index contributed by atoms with van der Waals surface area (Å²) in [6, 6.07) is 14.2. The van der Waals surface area contributed by atoms with E-state index in [0.717, 1.165) is 12.1 Å². The molecule has 2 aromatic rings. The standard InChI is InChI=1S/C17H20ClNO2/c1-12(19-11-13-7-5-4-6-8-13)14-9-10-15(20-2)17(21-3)16(14)18/h4-10,12,19H,11H2,1-3H3. The molecule has 0 spiro atoms. The third kappa shape index (κ3) is 3.69. The van der Waals surface area contributed by atoms with Crippen molar-refractivity contribution in [2.45, 2.75) is 19.5 Å². The molecule has 4 heteroatoms. The lowest BCUT2D eigenvalue weighted by atomic mass is 10.1. The molecule has 0 aliphatic carbocycles. The van der Waals surface area contributed by atoms with E-state index in [4.69, 9.17) is 21.1 Å². The van der Waals surface area contributed by atoms with E-state index in [9.17, 15) is 0 Å². The van der Waals surface area contributed by atoms with E-state index in [1.54, 1.807) is 14.2 Å². The van der Waals surface area contributed by atoms with Gasteiger partial charge in [0.2, 0.25) is 0 Å². The van der Waals surface area contributed by atoms with Crippen LogP contribution in [0.3, 0.4) is 0 Å². The highest BCUT2D eigenvalue weighted by molar-refractivity contribution is 6.33. The quantitative estimate of drug-likeness (QED) is 0.867. The highest BCUT2D eigenvalue weighted by Crippen LogP contribution is 2.39. The van der Waals surface area contributed by atoms with Crippen LogP contribution in [0.4, 0.5) is 0 Å². The summed E-state index contributed by atoms with van der Waals surface area (Å²) in [5.41, 5.74) is 2.23. The fourth-order valence-corrected chi connectivity index (χ4v) is 2.61. The van der Waals surface area contributed by atoms with Gasteiger partial charge in [-0.25, -0.2) is 0 Å². The molecule has 0 saturated carbocycles. The molecule has 0 heterocycles.